The van der Waals surface area contributed by atoms with E-state index in [-0.39, 0.29) is 11.8 Å². The number of carbonyl (C=O) groups excluding carboxylic acids is 1. The maximum Gasteiger partial charge on any atom is 0.225 e. The Morgan fingerprint density at radius 1 is 1.23 bits per heavy atom. The molecule has 22 heavy (non-hydrogen) atoms. The van der Waals surface area contributed by atoms with Crippen molar-refractivity contribution < 1.29 is 9.90 Å². The summed E-state index contributed by atoms with van der Waals surface area (Å²) in [5.74, 6) is 0.171. The van der Waals surface area contributed by atoms with E-state index in [9.17, 15) is 9.90 Å². The number of anilines is 1. The number of hydrazine groups is 1. The molecule has 1 atom stereocenters. The van der Waals surface area contributed by atoms with Gasteiger partial charge in [-0.25, -0.2) is 0 Å². The zero-order chi connectivity index (χ0) is 15.9. The molecule has 1 amide bonds. The van der Waals surface area contributed by atoms with Gasteiger partial charge >= 0.3 is 0 Å². The summed E-state index contributed by atoms with van der Waals surface area (Å²) in [7, 11) is 0. The normalized spacial score (nSPS) is 11.7. The Morgan fingerprint density at radius 3 is 2.68 bits per heavy atom. The van der Waals surface area contributed by atoms with Crippen molar-refractivity contribution in [3.8, 4) is 5.75 Å². The molecule has 4 nitrogen and oxygen atoms in total. The lowest BCUT2D eigenvalue weighted by molar-refractivity contribution is -0.109. The average molecular weight is 298 g/mol. The summed E-state index contributed by atoms with van der Waals surface area (Å²) < 4.78 is 0. The van der Waals surface area contributed by atoms with Crippen molar-refractivity contribution in [2.45, 2.75) is 32.7 Å². The van der Waals surface area contributed by atoms with E-state index in [1.54, 1.807) is 23.2 Å². The van der Waals surface area contributed by atoms with Crippen LogP contribution in [0.25, 0.3) is 0 Å². The Kier molecular flexibility index (Phi) is 5.42. The molecular formula is C18H22N2O2. The van der Waals surface area contributed by atoms with Gasteiger partial charge < -0.3 is 5.11 Å². The molecule has 2 rings (SSSR count). The first-order valence-electron chi connectivity index (χ1n) is 7.53. The fourth-order valence-electron chi connectivity index (χ4n) is 2.69. The number of rotatable bonds is 7. The number of aromatic hydroxyl groups is 1. The van der Waals surface area contributed by atoms with Gasteiger partial charge in [-0.1, -0.05) is 43.7 Å². The lowest BCUT2D eigenvalue weighted by Gasteiger charge is -2.31. The first-order chi connectivity index (χ1) is 10.7. The van der Waals surface area contributed by atoms with E-state index in [4.69, 9.17) is 0 Å². The Balaban J connectivity index is 2.38. The molecule has 0 aromatic heterocycles. The van der Waals surface area contributed by atoms with Crippen molar-refractivity contribution in [3.05, 3.63) is 59.7 Å². The minimum Gasteiger partial charge on any atom is -0.508 e. The standard InChI is InChI=1S/C18H22N2O2/c1-3-7-15-8-4-5-11-18(15)14(2)20(19-13-21)16-9-6-10-17(22)12-16/h4-6,8-14,22H,3,7H2,1-2H3,(H,19,21)/t14-/m1/s1. The number of carbonyl (C=O) groups is 1. The van der Waals surface area contributed by atoms with Crippen LogP contribution in [0.1, 0.15) is 37.4 Å². The third-order valence-electron chi connectivity index (χ3n) is 3.71. The average Bonchev–Trinajstić information content (AvgIpc) is 2.53. The highest BCUT2D eigenvalue weighted by Gasteiger charge is 2.18. The van der Waals surface area contributed by atoms with Gasteiger partial charge in [-0.05, 0) is 36.6 Å². The quantitative estimate of drug-likeness (QED) is 0.607. The van der Waals surface area contributed by atoms with E-state index in [0.29, 0.717) is 6.41 Å². The predicted octanol–water partition coefficient (Wildman–Crippen LogP) is 3.57. The third-order valence-corrected chi connectivity index (χ3v) is 3.71. The first kappa shape index (κ1) is 15.9. The second kappa shape index (κ2) is 7.50. The highest BCUT2D eigenvalue weighted by molar-refractivity contribution is 5.58. The van der Waals surface area contributed by atoms with Gasteiger partial charge in [-0.15, -0.1) is 0 Å². The van der Waals surface area contributed by atoms with Crippen molar-refractivity contribution in [2.24, 2.45) is 0 Å². The van der Waals surface area contributed by atoms with Gasteiger partial charge in [0.2, 0.25) is 6.41 Å². The molecule has 0 heterocycles. The zero-order valence-electron chi connectivity index (χ0n) is 13.0. The molecule has 0 unspecified atom stereocenters. The van der Waals surface area contributed by atoms with E-state index in [1.165, 1.54) is 11.1 Å². The summed E-state index contributed by atoms with van der Waals surface area (Å²) in [6, 6.07) is 15.1. The molecule has 0 aliphatic heterocycles. The first-order valence-corrected chi connectivity index (χ1v) is 7.53. The van der Waals surface area contributed by atoms with Gasteiger partial charge in [0, 0.05) is 6.07 Å². The summed E-state index contributed by atoms with van der Waals surface area (Å²) in [5, 5.41) is 11.4. The smallest absolute Gasteiger partial charge is 0.225 e. The van der Waals surface area contributed by atoms with Crippen molar-refractivity contribution >= 4 is 12.1 Å². The molecule has 0 saturated heterocycles. The van der Waals surface area contributed by atoms with Crippen LogP contribution < -0.4 is 10.4 Å². The summed E-state index contributed by atoms with van der Waals surface area (Å²) in [6.45, 7) is 4.19. The van der Waals surface area contributed by atoms with E-state index in [2.05, 4.69) is 24.5 Å². The van der Waals surface area contributed by atoms with Crippen LogP contribution in [0.5, 0.6) is 5.75 Å². The molecule has 0 radical (unpaired) electrons. The molecule has 2 aromatic rings. The van der Waals surface area contributed by atoms with Crippen LogP contribution in [0, 0.1) is 0 Å². The number of hydrogen-bond acceptors (Lipinski definition) is 3. The molecule has 0 bridgehead atoms. The number of benzene rings is 2. The van der Waals surface area contributed by atoms with Crippen molar-refractivity contribution in [2.75, 3.05) is 5.01 Å². The number of phenols is 1. The van der Waals surface area contributed by atoms with Gasteiger partial charge in [-0.3, -0.25) is 15.2 Å². The highest BCUT2D eigenvalue weighted by Crippen LogP contribution is 2.29. The van der Waals surface area contributed by atoms with Gasteiger partial charge in [0.1, 0.15) is 5.75 Å². The minimum absolute atomic E-state index is 0.0465. The Morgan fingerprint density at radius 2 is 2.00 bits per heavy atom. The van der Waals surface area contributed by atoms with Crippen LogP contribution in [0.2, 0.25) is 0 Å². The molecule has 0 fully saturated rings. The zero-order valence-corrected chi connectivity index (χ0v) is 13.0. The molecule has 0 spiro atoms. The van der Waals surface area contributed by atoms with Crippen LogP contribution in [-0.4, -0.2) is 11.5 Å². The number of phenolic OH excluding ortho intramolecular Hbond substituents is 1. The maximum atomic E-state index is 11.0. The van der Waals surface area contributed by atoms with Crippen molar-refractivity contribution in [1.29, 1.82) is 0 Å². The highest BCUT2D eigenvalue weighted by atomic mass is 16.3. The summed E-state index contributed by atoms with van der Waals surface area (Å²) >= 11 is 0. The Hall–Kier alpha value is -2.49. The van der Waals surface area contributed by atoms with Crippen LogP contribution in [0.4, 0.5) is 5.69 Å². The minimum atomic E-state index is -0.0465. The largest absolute Gasteiger partial charge is 0.508 e. The van der Waals surface area contributed by atoms with E-state index >= 15 is 0 Å². The van der Waals surface area contributed by atoms with E-state index in [1.807, 2.05) is 25.1 Å². The monoisotopic (exact) mass is 298 g/mol. The molecule has 4 heteroatoms. The second-order valence-corrected chi connectivity index (χ2v) is 5.26. The molecule has 0 saturated carbocycles. The second-order valence-electron chi connectivity index (χ2n) is 5.26. The fraction of sp³-hybridized carbons (Fsp3) is 0.278. The van der Waals surface area contributed by atoms with Gasteiger partial charge in [0.15, 0.2) is 0 Å². The molecule has 116 valence electrons. The molecular weight excluding hydrogens is 276 g/mol. The van der Waals surface area contributed by atoms with Crippen LogP contribution in [0.15, 0.2) is 48.5 Å². The van der Waals surface area contributed by atoms with Crippen LogP contribution in [0.3, 0.4) is 0 Å². The summed E-state index contributed by atoms with van der Waals surface area (Å²) in [5.41, 5.74) is 5.92. The summed E-state index contributed by atoms with van der Waals surface area (Å²) in [4.78, 5) is 11.0. The number of hydrogen-bond donors (Lipinski definition) is 2. The number of nitrogens with zero attached hydrogens (tertiary/aromatic N) is 1. The third kappa shape index (κ3) is 3.58. The predicted molar refractivity (Wildman–Crippen MR) is 88.6 cm³/mol. The van der Waals surface area contributed by atoms with Crippen LogP contribution >= 0.6 is 0 Å². The molecule has 2 N–H and O–H groups in total. The van der Waals surface area contributed by atoms with E-state index in [0.717, 1.165) is 18.5 Å². The molecule has 0 aliphatic carbocycles. The lowest BCUT2D eigenvalue weighted by Crippen LogP contribution is -2.39. The SMILES string of the molecule is CCCc1ccccc1[C@@H](C)N(NC=O)c1cccc(O)c1. The Bertz CT molecular complexity index is 628. The van der Waals surface area contributed by atoms with Gasteiger partial charge in [0.25, 0.3) is 0 Å². The number of amides is 1. The lowest BCUT2D eigenvalue weighted by atomic mass is 9.97. The van der Waals surface area contributed by atoms with E-state index < -0.39 is 0 Å². The van der Waals surface area contributed by atoms with Crippen molar-refractivity contribution in [3.63, 3.8) is 0 Å². The number of nitrogens with one attached hydrogen (secondary N) is 1. The maximum absolute atomic E-state index is 11.0. The Labute approximate surface area is 131 Å². The fourth-order valence-corrected chi connectivity index (χ4v) is 2.69. The van der Waals surface area contributed by atoms with Gasteiger partial charge in [-0.2, -0.15) is 0 Å². The molecule has 0 aliphatic rings. The number of aryl methyl sites for hydroxylation is 1. The summed E-state index contributed by atoms with van der Waals surface area (Å²) in [6.07, 6.45) is 2.72. The molecule has 2 aromatic carbocycles. The van der Waals surface area contributed by atoms with Gasteiger partial charge in [0.05, 0.1) is 11.7 Å². The topological polar surface area (TPSA) is 52.6 Å². The van der Waals surface area contributed by atoms with Crippen LogP contribution in [-0.2, 0) is 11.2 Å². The van der Waals surface area contributed by atoms with Crippen molar-refractivity contribution in [1.82, 2.24) is 5.43 Å².